The topological polar surface area (TPSA) is 41.1 Å². The van der Waals surface area contributed by atoms with Crippen LogP contribution in [0.15, 0.2) is 28.7 Å². The second-order valence-corrected chi connectivity index (χ2v) is 3.85. The van der Waals surface area contributed by atoms with Gasteiger partial charge in [0.15, 0.2) is 0 Å². The van der Waals surface area contributed by atoms with Crippen molar-refractivity contribution in [2.75, 3.05) is 13.6 Å². The average Bonchev–Trinajstić information content (AvgIpc) is 2.15. The van der Waals surface area contributed by atoms with Crippen LogP contribution in [0.5, 0.6) is 0 Å². The number of halogens is 2. The Labute approximate surface area is 104 Å². The molecule has 1 amide bonds. The molecule has 0 unspecified atom stereocenters. The first-order chi connectivity index (χ1) is 6.72. The number of rotatable bonds is 4. The SMILES string of the molecule is CNCC(=O)NCc1cccc(Br)c1.Cl. The molecule has 0 fully saturated rings. The number of amides is 1. The van der Waals surface area contributed by atoms with E-state index in [1.165, 1.54) is 0 Å². The molecule has 0 spiro atoms. The minimum Gasteiger partial charge on any atom is -0.351 e. The van der Waals surface area contributed by atoms with E-state index in [9.17, 15) is 4.79 Å². The molecule has 0 aliphatic rings. The Morgan fingerprint density at radius 1 is 1.47 bits per heavy atom. The molecule has 2 N–H and O–H groups in total. The highest BCUT2D eigenvalue weighted by Gasteiger charge is 1.98. The van der Waals surface area contributed by atoms with Crippen molar-refractivity contribution < 1.29 is 4.79 Å². The Hall–Kier alpha value is -0.580. The van der Waals surface area contributed by atoms with Crippen LogP contribution in [0, 0.1) is 0 Å². The second-order valence-electron chi connectivity index (χ2n) is 2.94. The fourth-order valence-corrected chi connectivity index (χ4v) is 1.52. The molecule has 0 saturated carbocycles. The number of hydrogen-bond donors (Lipinski definition) is 2. The summed E-state index contributed by atoms with van der Waals surface area (Å²) >= 11 is 3.37. The highest BCUT2D eigenvalue weighted by atomic mass is 79.9. The van der Waals surface area contributed by atoms with Crippen LogP contribution in [-0.4, -0.2) is 19.5 Å². The van der Waals surface area contributed by atoms with Crippen LogP contribution in [0.3, 0.4) is 0 Å². The number of likely N-dealkylation sites (N-methyl/N-ethyl adjacent to an activating group) is 1. The van der Waals surface area contributed by atoms with Crippen molar-refractivity contribution >= 4 is 34.2 Å². The van der Waals surface area contributed by atoms with Crippen LogP contribution < -0.4 is 10.6 Å². The zero-order valence-corrected chi connectivity index (χ0v) is 10.8. The Morgan fingerprint density at radius 3 is 2.80 bits per heavy atom. The third-order valence-corrected chi connectivity index (χ3v) is 2.21. The highest BCUT2D eigenvalue weighted by Crippen LogP contribution is 2.11. The van der Waals surface area contributed by atoms with Crippen LogP contribution in [0.2, 0.25) is 0 Å². The first kappa shape index (κ1) is 14.4. The van der Waals surface area contributed by atoms with Gasteiger partial charge in [-0.2, -0.15) is 0 Å². The van der Waals surface area contributed by atoms with Gasteiger partial charge in [0.2, 0.25) is 5.91 Å². The third-order valence-electron chi connectivity index (χ3n) is 1.72. The summed E-state index contributed by atoms with van der Waals surface area (Å²) in [6.07, 6.45) is 0. The molecule has 3 nitrogen and oxygen atoms in total. The maximum absolute atomic E-state index is 11.1. The molecule has 0 saturated heterocycles. The van der Waals surface area contributed by atoms with E-state index >= 15 is 0 Å². The van der Waals surface area contributed by atoms with Crippen LogP contribution >= 0.6 is 28.3 Å². The molecule has 1 aromatic rings. The minimum atomic E-state index is 0. The lowest BCUT2D eigenvalue weighted by Crippen LogP contribution is -2.31. The minimum absolute atomic E-state index is 0. The van der Waals surface area contributed by atoms with E-state index in [4.69, 9.17) is 0 Å². The number of hydrogen-bond acceptors (Lipinski definition) is 2. The molecule has 0 heterocycles. The number of carbonyl (C=O) groups excluding carboxylic acids is 1. The van der Waals surface area contributed by atoms with Crippen molar-refractivity contribution in [3.63, 3.8) is 0 Å². The second kappa shape index (κ2) is 7.68. The van der Waals surface area contributed by atoms with Gasteiger partial charge in [0.1, 0.15) is 0 Å². The fourth-order valence-electron chi connectivity index (χ4n) is 1.07. The van der Waals surface area contributed by atoms with Crippen molar-refractivity contribution in [3.8, 4) is 0 Å². The van der Waals surface area contributed by atoms with E-state index < -0.39 is 0 Å². The maximum atomic E-state index is 11.1. The maximum Gasteiger partial charge on any atom is 0.234 e. The smallest absolute Gasteiger partial charge is 0.234 e. The van der Waals surface area contributed by atoms with Crippen LogP contribution in [0.1, 0.15) is 5.56 Å². The van der Waals surface area contributed by atoms with Gasteiger partial charge in [-0.1, -0.05) is 28.1 Å². The molecule has 84 valence electrons. The van der Waals surface area contributed by atoms with E-state index in [-0.39, 0.29) is 18.3 Å². The average molecular weight is 294 g/mol. The Morgan fingerprint density at radius 2 is 2.20 bits per heavy atom. The quantitative estimate of drug-likeness (QED) is 0.887. The molecular formula is C10H14BrClN2O. The molecule has 15 heavy (non-hydrogen) atoms. The summed E-state index contributed by atoms with van der Waals surface area (Å²) in [4.78, 5) is 11.1. The van der Waals surface area contributed by atoms with E-state index in [2.05, 4.69) is 26.6 Å². The van der Waals surface area contributed by atoms with E-state index in [0.717, 1.165) is 10.0 Å². The molecular weight excluding hydrogens is 279 g/mol. The van der Waals surface area contributed by atoms with Gasteiger partial charge < -0.3 is 10.6 Å². The zero-order chi connectivity index (χ0) is 10.4. The normalized spacial score (nSPS) is 9.20. The lowest BCUT2D eigenvalue weighted by molar-refractivity contribution is -0.120. The standard InChI is InChI=1S/C10H13BrN2O.ClH/c1-12-7-10(14)13-6-8-3-2-4-9(11)5-8;/h2-5,12H,6-7H2,1H3,(H,13,14);1H. The first-order valence-electron chi connectivity index (χ1n) is 4.38. The van der Waals surface area contributed by atoms with E-state index in [0.29, 0.717) is 13.1 Å². The number of carbonyl (C=O) groups is 1. The van der Waals surface area contributed by atoms with Crippen molar-refractivity contribution in [3.05, 3.63) is 34.3 Å². The van der Waals surface area contributed by atoms with Gasteiger partial charge in [0.05, 0.1) is 6.54 Å². The summed E-state index contributed by atoms with van der Waals surface area (Å²) in [6, 6.07) is 7.87. The molecule has 5 heteroatoms. The Kier molecular flexibility index (Phi) is 7.38. The molecule has 0 atom stereocenters. The molecule has 1 aromatic carbocycles. The molecule has 0 aromatic heterocycles. The van der Waals surface area contributed by atoms with Gasteiger partial charge in [-0.15, -0.1) is 12.4 Å². The molecule has 0 aliphatic carbocycles. The highest BCUT2D eigenvalue weighted by molar-refractivity contribution is 9.10. The monoisotopic (exact) mass is 292 g/mol. The largest absolute Gasteiger partial charge is 0.351 e. The van der Waals surface area contributed by atoms with Gasteiger partial charge in [0.25, 0.3) is 0 Å². The summed E-state index contributed by atoms with van der Waals surface area (Å²) in [7, 11) is 1.75. The Bertz CT molecular complexity index is 320. The summed E-state index contributed by atoms with van der Waals surface area (Å²) in [5, 5.41) is 5.60. The molecule has 0 radical (unpaired) electrons. The van der Waals surface area contributed by atoms with E-state index in [1.54, 1.807) is 7.05 Å². The lowest BCUT2D eigenvalue weighted by Gasteiger charge is -2.04. The van der Waals surface area contributed by atoms with Crippen LogP contribution in [-0.2, 0) is 11.3 Å². The Balaban J connectivity index is 0.00000196. The molecule has 0 bridgehead atoms. The number of benzene rings is 1. The molecule has 1 rings (SSSR count). The summed E-state index contributed by atoms with van der Waals surface area (Å²) in [5.74, 6) is 0.00692. The first-order valence-corrected chi connectivity index (χ1v) is 5.17. The predicted octanol–water partition coefficient (Wildman–Crippen LogP) is 1.71. The van der Waals surface area contributed by atoms with Gasteiger partial charge in [0, 0.05) is 11.0 Å². The number of nitrogens with one attached hydrogen (secondary N) is 2. The summed E-state index contributed by atoms with van der Waals surface area (Å²) in [5.41, 5.74) is 1.09. The van der Waals surface area contributed by atoms with Gasteiger partial charge in [-0.25, -0.2) is 0 Å². The van der Waals surface area contributed by atoms with Crippen molar-refractivity contribution in [1.29, 1.82) is 0 Å². The lowest BCUT2D eigenvalue weighted by atomic mass is 10.2. The fraction of sp³-hybridized carbons (Fsp3) is 0.300. The third kappa shape index (κ3) is 5.77. The van der Waals surface area contributed by atoms with Gasteiger partial charge in [-0.3, -0.25) is 4.79 Å². The van der Waals surface area contributed by atoms with Crippen molar-refractivity contribution in [2.45, 2.75) is 6.54 Å². The van der Waals surface area contributed by atoms with E-state index in [1.807, 2.05) is 24.3 Å². The predicted molar refractivity (Wildman–Crippen MR) is 67.2 cm³/mol. The zero-order valence-electron chi connectivity index (χ0n) is 8.42. The van der Waals surface area contributed by atoms with Crippen LogP contribution in [0.4, 0.5) is 0 Å². The van der Waals surface area contributed by atoms with Crippen molar-refractivity contribution in [1.82, 2.24) is 10.6 Å². The molecule has 0 aliphatic heterocycles. The van der Waals surface area contributed by atoms with Crippen molar-refractivity contribution in [2.24, 2.45) is 0 Å². The van der Waals surface area contributed by atoms with Gasteiger partial charge >= 0.3 is 0 Å². The summed E-state index contributed by atoms with van der Waals surface area (Å²) < 4.78 is 1.03. The van der Waals surface area contributed by atoms with Crippen LogP contribution in [0.25, 0.3) is 0 Å². The van der Waals surface area contributed by atoms with Gasteiger partial charge in [-0.05, 0) is 24.7 Å². The summed E-state index contributed by atoms with van der Waals surface area (Å²) in [6.45, 7) is 0.925.